The lowest BCUT2D eigenvalue weighted by molar-refractivity contribution is -0.125. The van der Waals surface area contributed by atoms with E-state index in [0.717, 1.165) is 28.7 Å². The van der Waals surface area contributed by atoms with Crippen molar-refractivity contribution < 1.29 is 4.79 Å². The lowest BCUT2D eigenvalue weighted by Crippen LogP contribution is -2.41. The zero-order valence-electron chi connectivity index (χ0n) is 13.2. The molecule has 0 unspecified atom stereocenters. The van der Waals surface area contributed by atoms with Gasteiger partial charge in [-0.2, -0.15) is 0 Å². The van der Waals surface area contributed by atoms with Crippen molar-refractivity contribution >= 4 is 33.1 Å². The average Bonchev–Trinajstić information content (AvgIpc) is 3.29. The minimum atomic E-state index is -0.470. The van der Waals surface area contributed by atoms with Crippen LogP contribution in [-0.4, -0.2) is 17.4 Å². The molecule has 22 heavy (non-hydrogen) atoms. The van der Waals surface area contributed by atoms with Gasteiger partial charge in [0.15, 0.2) is 0 Å². The van der Waals surface area contributed by atoms with E-state index >= 15 is 0 Å². The summed E-state index contributed by atoms with van der Waals surface area (Å²) >= 11 is 1.75. The van der Waals surface area contributed by atoms with Crippen LogP contribution in [0.4, 0.5) is 5.69 Å². The summed E-state index contributed by atoms with van der Waals surface area (Å²) in [7, 11) is 0. The molecule has 1 amide bonds. The predicted molar refractivity (Wildman–Crippen MR) is 92.3 cm³/mol. The smallest absolute Gasteiger partial charge is 0.231 e. The van der Waals surface area contributed by atoms with E-state index in [9.17, 15) is 4.79 Å². The van der Waals surface area contributed by atoms with Crippen LogP contribution in [0, 0.1) is 5.41 Å². The Morgan fingerprint density at radius 3 is 2.73 bits per heavy atom. The molecule has 4 nitrogen and oxygen atoms in total. The number of nitrogens with two attached hydrogens (primary N) is 1. The zero-order chi connectivity index (χ0) is 15.7. The van der Waals surface area contributed by atoms with Crippen LogP contribution in [0.2, 0.25) is 0 Å². The fourth-order valence-electron chi connectivity index (χ4n) is 2.74. The van der Waals surface area contributed by atoms with Gasteiger partial charge in [-0.1, -0.05) is 13.8 Å². The zero-order valence-corrected chi connectivity index (χ0v) is 14.0. The number of carbonyl (C=O) groups excluding carboxylic acids is 1. The highest BCUT2D eigenvalue weighted by Gasteiger charge is 2.33. The van der Waals surface area contributed by atoms with Gasteiger partial charge in [0.1, 0.15) is 0 Å². The van der Waals surface area contributed by atoms with Gasteiger partial charge in [-0.25, -0.2) is 4.98 Å². The second-order valence-electron chi connectivity index (χ2n) is 6.15. The topological polar surface area (TPSA) is 68.0 Å². The van der Waals surface area contributed by atoms with Gasteiger partial charge in [-0.3, -0.25) is 4.79 Å². The van der Waals surface area contributed by atoms with E-state index in [0.29, 0.717) is 12.5 Å². The summed E-state index contributed by atoms with van der Waals surface area (Å²) in [6, 6.07) is 5.96. The third-order valence-electron chi connectivity index (χ3n) is 4.82. The molecule has 0 spiro atoms. The Hall–Kier alpha value is -1.46. The number of rotatable bonds is 6. The van der Waals surface area contributed by atoms with Crippen LogP contribution >= 0.6 is 11.3 Å². The molecule has 3 rings (SSSR count). The molecular formula is C17H23N3OS. The number of fused-ring (bicyclic) bond motifs is 1. The van der Waals surface area contributed by atoms with Crippen molar-refractivity contribution in [3.05, 3.63) is 23.2 Å². The molecule has 1 heterocycles. The van der Waals surface area contributed by atoms with Crippen LogP contribution in [0.1, 0.15) is 50.5 Å². The summed E-state index contributed by atoms with van der Waals surface area (Å²) in [6.45, 7) is 4.41. The molecular weight excluding hydrogens is 294 g/mol. The summed E-state index contributed by atoms with van der Waals surface area (Å²) in [5.74, 6) is 0.687. The van der Waals surface area contributed by atoms with E-state index in [2.05, 4.69) is 10.3 Å². The Morgan fingerprint density at radius 1 is 1.41 bits per heavy atom. The second-order valence-corrected chi connectivity index (χ2v) is 7.22. The second kappa shape index (κ2) is 5.97. The van der Waals surface area contributed by atoms with E-state index in [1.54, 1.807) is 11.3 Å². The number of nitrogens with one attached hydrogen (secondary N) is 1. The number of nitrogens with zero attached hydrogens (tertiary/aromatic N) is 1. The third kappa shape index (κ3) is 2.75. The standard InChI is InChI=1S/C17H23N3OS/c1-3-17(4-2,10-18)16(21)19-12-7-8-13-14(9-12)22-15(20-13)11-5-6-11/h7-9,11H,3-6,10,18H2,1-2H3,(H,19,21). The fraction of sp³-hybridized carbons (Fsp3) is 0.529. The molecule has 0 atom stereocenters. The SMILES string of the molecule is CCC(CC)(CN)C(=O)Nc1ccc2nc(C3CC3)sc2c1. The molecule has 0 aliphatic heterocycles. The van der Waals surface area contributed by atoms with Gasteiger partial charge < -0.3 is 11.1 Å². The largest absolute Gasteiger partial charge is 0.329 e. The molecule has 0 saturated heterocycles. The maximum Gasteiger partial charge on any atom is 0.231 e. The lowest BCUT2D eigenvalue weighted by Gasteiger charge is -2.28. The monoisotopic (exact) mass is 317 g/mol. The Kier molecular flexibility index (Phi) is 4.19. The number of anilines is 1. The first-order chi connectivity index (χ1) is 10.6. The first-order valence-corrected chi connectivity index (χ1v) is 8.85. The van der Waals surface area contributed by atoms with E-state index in [1.165, 1.54) is 17.8 Å². The van der Waals surface area contributed by atoms with E-state index in [1.807, 2.05) is 32.0 Å². The van der Waals surface area contributed by atoms with E-state index in [-0.39, 0.29) is 5.91 Å². The number of aromatic nitrogens is 1. The summed E-state index contributed by atoms with van der Waals surface area (Å²) in [5, 5.41) is 4.28. The maximum atomic E-state index is 12.6. The molecule has 1 aliphatic carbocycles. The normalized spacial score (nSPS) is 15.2. The van der Waals surface area contributed by atoms with Crippen LogP contribution in [0.15, 0.2) is 18.2 Å². The quantitative estimate of drug-likeness (QED) is 0.849. The molecule has 0 bridgehead atoms. The van der Waals surface area contributed by atoms with Crippen molar-refractivity contribution in [2.24, 2.45) is 11.1 Å². The van der Waals surface area contributed by atoms with Crippen LogP contribution in [0.5, 0.6) is 0 Å². The fourth-order valence-corrected chi connectivity index (χ4v) is 3.92. The molecule has 1 aliphatic rings. The van der Waals surface area contributed by atoms with Gasteiger partial charge in [-0.05, 0) is 43.9 Å². The number of benzene rings is 1. The molecule has 1 aromatic carbocycles. The molecule has 1 saturated carbocycles. The summed E-state index contributed by atoms with van der Waals surface area (Å²) in [5.41, 5.74) is 7.24. The Labute approximate surface area is 135 Å². The van der Waals surface area contributed by atoms with Gasteiger partial charge in [0.05, 0.1) is 20.6 Å². The van der Waals surface area contributed by atoms with Gasteiger partial charge >= 0.3 is 0 Å². The van der Waals surface area contributed by atoms with Crippen molar-refractivity contribution in [2.45, 2.75) is 45.4 Å². The molecule has 5 heteroatoms. The van der Waals surface area contributed by atoms with Crippen molar-refractivity contribution in [2.75, 3.05) is 11.9 Å². The molecule has 1 fully saturated rings. The van der Waals surface area contributed by atoms with Crippen LogP contribution in [0.25, 0.3) is 10.2 Å². The van der Waals surface area contributed by atoms with Gasteiger partial charge in [-0.15, -0.1) is 11.3 Å². The van der Waals surface area contributed by atoms with Gasteiger partial charge in [0.25, 0.3) is 0 Å². The molecule has 1 aromatic heterocycles. The van der Waals surface area contributed by atoms with Gasteiger partial charge in [0.2, 0.25) is 5.91 Å². The third-order valence-corrected chi connectivity index (χ3v) is 6.00. The number of amides is 1. The molecule has 118 valence electrons. The number of hydrogen-bond donors (Lipinski definition) is 2. The number of hydrogen-bond acceptors (Lipinski definition) is 4. The minimum Gasteiger partial charge on any atom is -0.329 e. The highest BCUT2D eigenvalue weighted by Crippen LogP contribution is 2.43. The Bertz CT molecular complexity index is 678. The average molecular weight is 317 g/mol. The van der Waals surface area contributed by atoms with Crippen LogP contribution < -0.4 is 11.1 Å². The highest BCUT2D eigenvalue weighted by molar-refractivity contribution is 7.18. The number of thiazole rings is 1. The number of carbonyl (C=O) groups is 1. The summed E-state index contributed by atoms with van der Waals surface area (Å²) in [4.78, 5) is 17.3. The minimum absolute atomic E-state index is 0.0197. The first-order valence-electron chi connectivity index (χ1n) is 8.04. The molecule has 3 N–H and O–H groups in total. The predicted octanol–water partition coefficient (Wildman–Crippen LogP) is 3.88. The van der Waals surface area contributed by atoms with Gasteiger partial charge in [0, 0.05) is 18.2 Å². The summed E-state index contributed by atoms with van der Waals surface area (Å²) < 4.78 is 1.14. The van der Waals surface area contributed by atoms with Crippen LogP contribution in [-0.2, 0) is 4.79 Å². The van der Waals surface area contributed by atoms with Crippen molar-refractivity contribution in [1.29, 1.82) is 0 Å². The van der Waals surface area contributed by atoms with E-state index < -0.39 is 5.41 Å². The molecule has 0 radical (unpaired) electrons. The van der Waals surface area contributed by atoms with E-state index in [4.69, 9.17) is 5.73 Å². The van der Waals surface area contributed by atoms with Crippen molar-refractivity contribution in [1.82, 2.24) is 4.98 Å². The molecule has 2 aromatic rings. The highest BCUT2D eigenvalue weighted by atomic mass is 32.1. The van der Waals surface area contributed by atoms with Crippen molar-refractivity contribution in [3.63, 3.8) is 0 Å². The van der Waals surface area contributed by atoms with Crippen LogP contribution in [0.3, 0.4) is 0 Å². The van der Waals surface area contributed by atoms with Crippen molar-refractivity contribution in [3.8, 4) is 0 Å². The summed E-state index contributed by atoms with van der Waals surface area (Å²) in [6.07, 6.45) is 4.02. The Morgan fingerprint density at radius 2 is 2.14 bits per heavy atom. The maximum absolute atomic E-state index is 12.6. The Balaban J connectivity index is 1.82. The first kappa shape index (κ1) is 15.4. The lowest BCUT2D eigenvalue weighted by atomic mass is 9.81.